The number of aromatic amines is 1. The second-order valence-corrected chi connectivity index (χ2v) is 8.61. The van der Waals surface area contributed by atoms with Gasteiger partial charge in [-0.15, -0.1) is 0 Å². The first-order chi connectivity index (χ1) is 17.0. The van der Waals surface area contributed by atoms with E-state index in [1.54, 1.807) is 23.2 Å². The summed E-state index contributed by atoms with van der Waals surface area (Å²) in [5.74, 6) is -0.0852. The summed E-state index contributed by atoms with van der Waals surface area (Å²) in [6.45, 7) is 0.913. The molecule has 1 saturated heterocycles. The molecule has 0 spiro atoms. The number of halogens is 1. The molecule has 0 saturated carbocycles. The van der Waals surface area contributed by atoms with Gasteiger partial charge in [-0.1, -0.05) is 29.8 Å². The van der Waals surface area contributed by atoms with Crippen molar-refractivity contribution in [2.45, 2.75) is 12.8 Å². The number of carbonyl (C=O) groups is 2. The quantitative estimate of drug-likeness (QED) is 0.437. The third kappa shape index (κ3) is 4.65. The Kier molecular flexibility index (Phi) is 6.28. The lowest BCUT2D eigenvalue weighted by Crippen LogP contribution is -2.41. The summed E-state index contributed by atoms with van der Waals surface area (Å²) >= 11 is 6.25. The molecule has 1 fully saturated rings. The second-order valence-electron chi connectivity index (χ2n) is 8.20. The summed E-state index contributed by atoms with van der Waals surface area (Å²) in [5.41, 5.74) is 2.86. The fourth-order valence-electron chi connectivity index (χ4n) is 4.15. The molecule has 4 aromatic rings. The monoisotopic (exact) mass is 491 g/mol. The summed E-state index contributed by atoms with van der Waals surface area (Å²) in [4.78, 5) is 31.7. The highest BCUT2D eigenvalue weighted by molar-refractivity contribution is 6.33. The van der Waals surface area contributed by atoms with Crippen LogP contribution in [-0.2, 0) is 4.79 Å². The molecule has 5 rings (SSSR count). The highest BCUT2D eigenvalue weighted by atomic mass is 35.5. The van der Waals surface area contributed by atoms with E-state index in [0.29, 0.717) is 53.8 Å². The molecule has 178 valence electrons. The maximum Gasteiger partial charge on any atom is 0.274 e. The van der Waals surface area contributed by atoms with Crippen LogP contribution in [0.5, 0.6) is 5.88 Å². The maximum absolute atomic E-state index is 13.0. The number of piperidine rings is 1. The number of nitrogens with one attached hydrogen (secondary N) is 2. The topological polar surface area (TPSA) is 126 Å². The summed E-state index contributed by atoms with van der Waals surface area (Å²) in [7, 11) is 1.52. The van der Waals surface area contributed by atoms with Crippen LogP contribution in [0.3, 0.4) is 0 Å². The van der Waals surface area contributed by atoms with Crippen molar-refractivity contribution in [1.82, 2.24) is 30.3 Å². The number of benzene rings is 1. The van der Waals surface area contributed by atoms with Crippen LogP contribution in [0, 0.1) is 5.92 Å². The van der Waals surface area contributed by atoms with Crippen molar-refractivity contribution in [2.75, 3.05) is 25.5 Å². The van der Waals surface area contributed by atoms with Gasteiger partial charge in [-0.25, -0.2) is 4.98 Å². The molecule has 0 aliphatic carbocycles. The molecule has 0 radical (unpaired) electrons. The van der Waals surface area contributed by atoms with Crippen molar-refractivity contribution in [3.63, 3.8) is 0 Å². The van der Waals surface area contributed by atoms with E-state index in [4.69, 9.17) is 16.3 Å². The number of aromatic nitrogens is 5. The third-order valence-electron chi connectivity index (χ3n) is 6.08. The minimum absolute atomic E-state index is 0.0846. The molecule has 10 nitrogen and oxygen atoms in total. The van der Waals surface area contributed by atoms with E-state index < -0.39 is 0 Å². The first kappa shape index (κ1) is 22.7. The van der Waals surface area contributed by atoms with Crippen LogP contribution in [0.1, 0.15) is 23.3 Å². The molecule has 2 N–H and O–H groups in total. The highest BCUT2D eigenvalue weighted by Crippen LogP contribution is 2.30. The zero-order valence-corrected chi connectivity index (χ0v) is 19.6. The van der Waals surface area contributed by atoms with Gasteiger partial charge < -0.3 is 15.0 Å². The summed E-state index contributed by atoms with van der Waals surface area (Å²) in [5, 5.41) is 19.3. The Bertz CT molecular complexity index is 1390. The van der Waals surface area contributed by atoms with Gasteiger partial charge in [-0.2, -0.15) is 15.3 Å². The number of amides is 2. The fraction of sp³-hybridized carbons (Fsp3) is 0.250. The van der Waals surface area contributed by atoms with Gasteiger partial charge in [0.15, 0.2) is 5.69 Å². The normalized spacial score (nSPS) is 14.2. The number of fused-ring (bicyclic) bond motifs is 1. The molecular formula is C24H22ClN7O3. The minimum atomic E-state index is -0.205. The Morgan fingerprint density at radius 2 is 1.97 bits per heavy atom. The molecule has 1 aliphatic rings. The maximum atomic E-state index is 13.0. The number of likely N-dealkylation sites (tertiary alicyclic amines) is 1. The number of methoxy groups -OCH3 is 1. The van der Waals surface area contributed by atoms with Crippen LogP contribution in [-0.4, -0.2) is 62.3 Å². The number of hydrogen-bond donors (Lipinski definition) is 2. The van der Waals surface area contributed by atoms with Crippen molar-refractivity contribution in [1.29, 1.82) is 0 Å². The van der Waals surface area contributed by atoms with Crippen molar-refractivity contribution in [3.8, 4) is 17.1 Å². The van der Waals surface area contributed by atoms with Gasteiger partial charge in [-0.05, 0) is 25.0 Å². The van der Waals surface area contributed by atoms with Gasteiger partial charge in [0.2, 0.25) is 11.8 Å². The second kappa shape index (κ2) is 9.67. The van der Waals surface area contributed by atoms with Crippen LogP contribution < -0.4 is 10.1 Å². The molecular weight excluding hydrogens is 470 g/mol. The third-order valence-corrected chi connectivity index (χ3v) is 6.39. The largest absolute Gasteiger partial charge is 0.481 e. The molecule has 1 aromatic carbocycles. The van der Waals surface area contributed by atoms with Crippen LogP contribution in [0.2, 0.25) is 5.02 Å². The van der Waals surface area contributed by atoms with Gasteiger partial charge >= 0.3 is 0 Å². The Morgan fingerprint density at radius 1 is 1.17 bits per heavy atom. The number of anilines is 1. The van der Waals surface area contributed by atoms with Gasteiger partial charge in [0.25, 0.3) is 5.91 Å². The Morgan fingerprint density at radius 3 is 2.77 bits per heavy atom. The van der Waals surface area contributed by atoms with E-state index in [-0.39, 0.29) is 23.4 Å². The molecule has 4 heterocycles. The van der Waals surface area contributed by atoms with Crippen LogP contribution in [0.15, 0.2) is 48.8 Å². The molecule has 1 aliphatic heterocycles. The number of H-pyrrole nitrogens is 1. The number of carbonyl (C=O) groups excluding carboxylic acids is 2. The van der Waals surface area contributed by atoms with Gasteiger partial charge in [-0.3, -0.25) is 14.7 Å². The lowest BCUT2D eigenvalue weighted by molar-refractivity contribution is -0.121. The molecule has 11 heteroatoms. The minimum Gasteiger partial charge on any atom is -0.481 e. The summed E-state index contributed by atoms with van der Waals surface area (Å²) in [6.07, 6.45) is 4.15. The predicted octanol–water partition coefficient (Wildman–Crippen LogP) is 3.57. The molecule has 3 aromatic heterocycles. The zero-order chi connectivity index (χ0) is 24.4. The van der Waals surface area contributed by atoms with Crippen LogP contribution >= 0.6 is 11.6 Å². The van der Waals surface area contributed by atoms with Crippen molar-refractivity contribution >= 4 is 40.0 Å². The van der Waals surface area contributed by atoms with E-state index in [0.717, 1.165) is 10.9 Å². The molecule has 0 atom stereocenters. The standard InChI is InChI=1S/C24H22ClN7O3/c1-35-22-10-16(17(25)12-26-22)19-11-20(31-30-19)24(34)32-8-6-14(7-9-32)23(33)28-21-13-27-29-18-5-3-2-4-15(18)21/h2-5,10-14H,6-9H2,1H3,(H,30,31)(H,28,29,33). The SMILES string of the molecule is COc1cc(-c2cc(C(=O)N3CCC(C(=O)Nc4cnnc5ccccc45)CC3)n[nH]2)c(Cl)cn1. The smallest absolute Gasteiger partial charge is 0.274 e. The van der Waals surface area contributed by atoms with E-state index in [9.17, 15) is 9.59 Å². The number of rotatable bonds is 5. The average Bonchev–Trinajstić information content (AvgIpc) is 3.39. The lowest BCUT2D eigenvalue weighted by atomic mass is 9.95. The van der Waals surface area contributed by atoms with Crippen molar-refractivity contribution in [3.05, 3.63) is 59.5 Å². The van der Waals surface area contributed by atoms with Crippen molar-refractivity contribution < 1.29 is 14.3 Å². The first-order valence-corrected chi connectivity index (χ1v) is 11.5. The van der Waals surface area contributed by atoms with Gasteiger partial charge in [0.05, 0.1) is 41.4 Å². The number of hydrogen-bond acceptors (Lipinski definition) is 7. The molecule has 35 heavy (non-hydrogen) atoms. The first-order valence-electron chi connectivity index (χ1n) is 11.1. The summed E-state index contributed by atoms with van der Waals surface area (Å²) < 4.78 is 5.15. The van der Waals surface area contributed by atoms with Gasteiger partial charge in [0, 0.05) is 36.0 Å². The molecule has 2 amide bonds. The van der Waals surface area contributed by atoms with Crippen LogP contribution in [0.4, 0.5) is 5.69 Å². The van der Waals surface area contributed by atoms with E-state index in [1.807, 2.05) is 24.3 Å². The average molecular weight is 492 g/mol. The number of nitrogens with zero attached hydrogens (tertiary/aromatic N) is 5. The zero-order valence-electron chi connectivity index (χ0n) is 18.9. The summed E-state index contributed by atoms with van der Waals surface area (Å²) in [6, 6.07) is 10.8. The predicted molar refractivity (Wildman–Crippen MR) is 130 cm³/mol. The fourth-order valence-corrected chi connectivity index (χ4v) is 4.36. The lowest BCUT2D eigenvalue weighted by Gasteiger charge is -2.30. The van der Waals surface area contributed by atoms with E-state index in [1.165, 1.54) is 13.3 Å². The number of pyridine rings is 1. The van der Waals surface area contributed by atoms with E-state index >= 15 is 0 Å². The van der Waals surface area contributed by atoms with Crippen LogP contribution in [0.25, 0.3) is 22.2 Å². The molecule has 0 bridgehead atoms. The Balaban J connectivity index is 1.22. The molecule has 0 unspecified atom stereocenters. The van der Waals surface area contributed by atoms with Gasteiger partial charge in [0.1, 0.15) is 0 Å². The van der Waals surface area contributed by atoms with Crippen molar-refractivity contribution in [2.24, 2.45) is 5.92 Å². The van der Waals surface area contributed by atoms with E-state index in [2.05, 4.69) is 30.7 Å². The Labute approximate surface area is 205 Å². The highest BCUT2D eigenvalue weighted by Gasteiger charge is 2.29. The number of ether oxygens (including phenoxy) is 1. The Hall–Kier alpha value is -4.05.